The molecular weight excluding hydrogens is 358 g/mol. The van der Waals surface area contributed by atoms with Crippen LogP contribution < -0.4 is 5.69 Å². The van der Waals surface area contributed by atoms with E-state index in [1.54, 1.807) is 27.8 Å². The Kier molecular flexibility index (Phi) is 4.95. The molecule has 1 aliphatic heterocycles. The van der Waals surface area contributed by atoms with Crippen LogP contribution in [-0.4, -0.2) is 56.6 Å². The minimum atomic E-state index is -0.202. The van der Waals surface area contributed by atoms with Crippen molar-refractivity contribution in [2.45, 2.75) is 20.4 Å². The van der Waals surface area contributed by atoms with E-state index in [2.05, 4.69) is 15.0 Å². The first-order chi connectivity index (χ1) is 13.5. The summed E-state index contributed by atoms with van der Waals surface area (Å²) in [4.78, 5) is 38.3. The number of morpholine rings is 1. The molecular formula is C20H23N5O3. The van der Waals surface area contributed by atoms with Crippen molar-refractivity contribution in [3.8, 4) is 11.3 Å². The van der Waals surface area contributed by atoms with E-state index in [0.717, 1.165) is 5.56 Å². The fourth-order valence-electron chi connectivity index (χ4n) is 3.33. The van der Waals surface area contributed by atoms with Crippen molar-refractivity contribution >= 4 is 17.2 Å². The number of hydrogen-bond donors (Lipinski definition) is 1. The third-order valence-electron chi connectivity index (χ3n) is 4.75. The topological polar surface area (TPSA) is 93.1 Å². The van der Waals surface area contributed by atoms with Crippen LogP contribution in [0.4, 0.5) is 0 Å². The van der Waals surface area contributed by atoms with E-state index in [0.29, 0.717) is 61.3 Å². The number of aromatic amines is 1. The zero-order valence-electron chi connectivity index (χ0n) is 16.0. The zero-order chi connectivity index (χ0) is 19.7. The van der Waals surface area contributed by atoms with Gasteiger partial charge in [0.15, 0.2) is 11.3 Å². The molecule has 0 unspecified atom stereocenters. The number of imidazole rings is 1. The van der Waals surface area contributed by atoms with Gasteiger partial charge in [-0.3, -0.25) is 14.3 Å². The van der Waals surface area contributed by atoms with Crippen LogP contribution in [0.3, 0.4) is 0 Å². The summed E-state index contributed by atoms with van der Waals surface area (Å²) in [5.41, 5.74) is 2.97. The lowest BCUT2D eigenvalue weighted by Gasteiger charge is -2.26. The van der Waals surface area contributed by atoms with Crippen molar-refractivity contribution in [3.63, 3.8) is 0 Å². The van der Waals surface area contributed by atoms with E-state index in [1.165, 1.54) is 0 Å². The zero-order valence-corrected chi connectivity index (χ0v) is 16.0. The molecule has 1 saturated heterocycles. The van der Waals surface area contributed by atoms with Gasteiger partial charge in [0.2, 0.25) is 0 Å². The fraction of sp³-hybridized carbons (Fsp3) is 0.400. The van der Waals surface area contributed by atoms with Gasteiger partial charge in [-0.15, -0.1) is 0 Å². The van der Waals surface area contributed by atoms with Gasteiger partial charge in [0.25, 0.3) is 5.91 Å². The molecule has 0 saturated carbocycles. The van der Waals surface area contributed by atoms with Gasteiger partial charge in [0.05, 0.1) is 25.1 Å². The predicted octanol–water partition coefficient (Wildman–Crippen LogP) is 1.91. The summed E-state index contributed by atoms with van der Waals surface area (Å²) < 4.78 is 6.92. The van der Waals surface area contributed by atoms with E-state index in [1.807, 2.05) is 26.0 Å². The third-order valence-corrected chi connectivity index (χ3v) is 4.75. The molecule has 3 heterocycles. The molecule has 1 aliphatic rings. The molecule has 0 spiro atoms. The van der Waals surface area contributed by atoms with E-state index < -0.39 is 0 Å². The highest BCUT2D eigenvalue weighted by Gasteiger charge is 2.18. The van der Waals surface area contributed by atoms with Gasteiger partial charge in [0, 0.05) is 30.8 Å². The third kappa shape index (κ3) is 3.55. The van der Waals surface area contributed by atoms with Crippen LogP contribution in [-0.2, 0) is 11.3 Å². The second kappa shape index (κ2) is 7.55. The largest absolute Gasteiger partial charge is 0.378 e. The average Bonchev–Trinajstić information content (AvgIpc) is 3.02. The Morgan fingerprint density at radius 1 is 1.21 bits per heavy atom. The van der Waals surface area contributed by atoms with Crippen molar-refractivity contribution in [1.29, 1.82) is 0 Å². The molecule has 2 aromatic heterocycles. The summed E-state index contributed by atoms with van der Waals surface area (Å²) >= 11 is 0. The van der Waals surface area contributed by atoms with Crippen molar-refractivity contribution < 1.29 is 9.53 Å². The van der Waals surface area contributed by atoms with Crippen molar-refractivity contribution in [1.82, 2.24) is 24.4 Å². The van der Waals surface area contributed by atoms with Crippen LogP contribution in [0.2, 0.25) is 0 Å². The molecule has 0 bridgehead atoms. The minimum Gasteiger partial charge on any atom is -0.378 e. The maximum atomic E-state index is 12.6. The van der Waals surface area contributed by atoms with Crippen LogP contribution in [0.25, 0.3) is 22.6 Å². The molecule has 1 fully saturated rings. The molecule has 1 N–H and O–H groups in total. The lowest BCUT2D eigenvalue weighted by Crippen LogP contribution is -2.40. The quantitative estimate of drug-likeness (QED) is 0.745. The van der Waals surface area contributed by atoms with Gasteiger partial charge in [-0.1, -0.05) is 26.0 Å². The van der Waals surface area contributed by atoms with E-state index in [4.69, 9.17) is 4.74 Å². The first kappa shape index (κ1) is 18.4. The number of hydrogen-bond acceptors (Lipinski definition) is 5. The summed E-state index contributed by atoms with van der Waals surface area (Å²) in [7, 11) is 0. The first-order valence-electron chi connectivity index (χ1n) is 9.46. The molecule has 8 nitrogen and oxygen atoms in total. The second-order valence-corrected chi connectivity index (χ2v) is 7.34. The molecule has 28 heavy (non-hydrogen) atoms. The van der Waals surface area contributed by atoms with Gasteiger partial charge in [-0.05, 0) is 18.1 Å². The Hall–Kier alpha value is -3.00. The molecule has 0 atom stereocenters. The monoisotopic (exact) mass is 381 g/mol. The highest BCUT2D eigenvalue weighted by Crippen LogP contribution is 2.20. The van der Waals surface area contributed by atoms with Crippen molar-refractivity contribution in [2.75, 3.05) is 26.3 Å². The SMILES string of the molecule is CC(C)Cn1c(=O)[nH]c2ncc(-c3ccc(C(=O)N4CCOCC4)cc3)nc21. The van der Waals surface area contributed by atoms with Crippen molar-refractivity contribution in [3.05, 3.63) is 46.5 Å². The lowest BCUT2D eigenvalue weighted by molar-refractivity contribution is 0.0303. The number of benzene rings is 1. The molecule has 8 heteroatoms. The minimum absolute atomic E-state index is 0.00722. The number of amides is 1. The predicted molar refractivity (Wildman–Crippen MR) is 105 cm³/mol. The van der Waals surface area contributed by atoms with Crippen LogP contribution in [0.15, 0.2) is 35.3 Å². The van der Waals surface area contributed by atoms with Gasteiger partial charge in [0.1, 0.15) is 0 Å². The number of carbonyl (C=O) groups excluding carboxylic acids is 1. The van der Waals surface area contributed by atoms with Gasteiger partial charge in [-0.2, -0.15) is 0 Å². The molecule has 146 valence electrons. The smallest absolute Gasteiger partial charge is 0.328 e. The second-order valence-electron chi connectivity index (χ2n) is 7.34. The Labute approximate surface area is 162 Å². The Morgan fingerprint density at radius 2 is 1.93 bits per heavy atom. The number of nitrogens with one attached hydrogen (secondary N) is 1. The maximum absolute atomic E-state index is 12.6. The molecule has 4 rings (SSSR count). The molecule has 3 aromatic rings. The van der Waals surface area contributed by atoms with Gasteiger partial charge < -0.3 is 9.64 Å². The Bertz CT molecular complexity index is 1050. The molecule has 0 aliphatic carbocycles. The molecule has 1 amide bonds. The van der Waals surface area contributed by atoms with Gasteiger partial charge in [-0.25, -0.2) is 14.8 Å². The number of ether oxygens (including phenoxy) is 1. The summed E-state index contributed by atoms with van der Waals surface area (Å²) in [6.07, 6.45) is 1.64. The summed E-state index contributed by atoms with van der Waals surface area (Å²) in [6.45, 7) is 7.05. The van der Waals surface area contributed by atoms with Crippen LogP contribution in [0.5, 0.6) is 0 Å². The van der Waals surface area contributed by atoms with E-state index >= 15 is 0 Å². The number of aromatic nitrogens is 4. The number of fused-ring (bicyclic) bond motifs is 1. The summed E-state index contributed by atoms with van der Waals surface area (Å²) in [5.74, 6) is 0.320. The fourth-order valence-corrected chi connectivity index (χ4v) is 3.33. The number of carbonyl (C=O) groups is 1. The van der Waals surface area contributed by atoms with Crippen LogP contribution >= 0.6 is 0 Å². The van der Waals surface area contributed by atoms with E-state index in [9.17, 15) is 9.59 Å². The van der Waals surface area contributed by atoms with E-state index in [-0.39, 0.29) is 11.6 Å². The maximum Gasteiger partial charge on any atom is 0.328 e. The molecule has 0 radical (unpaired) electrons. The normalized spacial score (nSPS) is 14.8. The van der Waals surface area contributed by atoms with Gasteiger partial charge >= 0.3 is 5.69 Å². The van der Waals surface area contributed by atoms with Crippen LogP contribution in [0, 0.1) is 5.92 Å². The van der Waals surface area contributed by atoms with Crippen molar-refractivity contribution in [2.24, 2.45) is 5.92 Å². The molecule has 1 aromatic carbocycles. The number of H-pyrrole nitrogens is 1. The number of nitrogens with zero attached hydrogens (tertiary/aromatic N) is 4. The van der Waals surface area contributed by atoms with Crippen LogP contribution in [0.1, 0.15) is 24.2 Å². The highest BCUT2D eigenvalue weighted by molar-refractivity contribution is 5.94. The standard InChI is InChI=1S/C20H23N5O3/c1-13(2)12-25-18-17(23-20(25)27)21-11-16(22-18)14-3-5-15(6-4-14)19(26)24-7-9-28-10-8-24/h3-6,11,13H,7-10,12H2,1-2H3,(H,21,23,27). The lowest BCUT2D eigenvalue weighted by atomic mass is 10.1. The Balaban J connectivity index is 1.62. The Morgan fingerprint density at radius 3 is 2.61 bits per heavy atom. The first-order valence-corrected chi connectivity index (χ1v) is 9.46. The summed E-state index contributed by atoms with van der Waals surface area (Å²) in [5, 5.41) is 0. The number of rotatable bonds is 4. The average molecular weight is 381 g/mol. The summed E-state index contributed by atoms with van der Waals surface area (Å²) in [6, 6.07) is 7.33. The highest BCUT2D eigenvalue weighted by atomic mass is 16.5.